The first-order chi connectivity index (χ1) is 7.45. The highest BCUT2D eigenvalue weighted by Gasteiger charge is 2.26. The SMILES string of the molecule is CC(C(=O)N(C)C(C)C(=O)O)c1cccs1. The van der Waals surface area contributed by atoms with Gasteiger partial charge in [-0.3, -0.25) is 4.79 Å². The summed E-state index contributed by atoms with van der Waals surface area (Å²) in [5, 5.41) is 10.7. The van der Waals surface area contributed by atoms with Gasteiger partial charge in [-0.1, -0.05) is 6.07 Å². The fraction of sp³-hybridized carbons (Fsp3) is 0.455. The molecule has 0 aromatic carbocycles. The zero-order valence-electron chi connectivity index (χ0n) is 9.51. The third-order valence-corrected chi connectivity index (χ3v) is 3.68. The zero-order chi connectivity index (χ0) is 12.3. The summed E-state index contributed by atoms with van der Waals surface area (Å²) in [7, 11) is 1.52. The Kier molecular flexibility index (Phi) is 4.06. The molecule has 0 spiro atoms. The van der Waals surface area contributed by atoms with Crippen LogP contribution in [0, 0.1) is 0 Å². The third kappa shape index (κ3) is 2.61. The van der Waals surface area contributed by atoms with Crippen LogP contribution in [0.1, 0.15) is 24.6 Å². The Balaban J connectivity index is 2.75. The minimum Gasteiger partial charge on any atom is -0.480 e. The number of carboxylic acids is 1. The predicted octanol–water partition coefficient (Wildman–Crippen LogP) is 1.78. The van der Waals surface area contributed by atoms with E-state index in [0.29, 0.717) is 0 Å². The van der Waals surface area contributed by atoms with Crippen LogP contribution in [0.2, 0.25) is 0 Å². The van der Waals surface area contributed by atoms with Gasteiger partial charge in [0.1, 0.15) is 6.04 Å². The van der Waals surface area contributed by atoms with Gasteiger partial charge >= 0.3 is 5.97 Å². The molecule has 1 N–H and O–H groups in total. The molecule has 0 aliphatic carbocycles. The van der Waals surface area contributed by atoms with Gasteiger partial charge in [-0.15, -0.1) is 11.3 Å². The Morgan fingerprint density at radius 3 is 2.50 bits per heavy atom. The molecule has 1 rings (SSSR count). The largest absolute Gasteiger partial charge is 0.480 e. The van der Waals surface area contributed by atoms with Crippen molar-refractivity contribution >= 4 is 23.2 Å². The number of likely N-dealkylation sites (N-methyl/N-ethyl adjacent to an activating group) is 1. The van der Waals surface area contributed by atoms with E-state index in [1.54, 1.807) is 6.92 Å². The second-order valence-electron chi connectivity index (χ2n) is 3.70. The number of carboxylic acid groups (broad SMARTS) is 1. The lowest BCUT2D eigenvalue weighted by atomic mass is 10.1. The maximum Gasteiger partial charge on any atom is 0.326 e. The minimum absolute atomic E-state index is 0.169. The van der Waals surface area contributed by atoms with Gasteiger partial charge in [-0.05, 0) is 25.3 Å². The van der Waals surface area contributed by atoms with Crippen molar-refractivity contribution in [3.8, 4) is 0 Å². The summed E-state index contributed by atoms with van der Waals surface area (Å²) < 4.78 is 0. The number of aliphatic carboxylic acids is 1. The number of amides is 1. The number of carbonyl (C=O) groups excluding carboxylic acids is 1. The predicted molar refractivity (Wildman–Crippen MR) is 62.6 cm³/mol. The van der Waals surface area contributed by atoms with Crippen molar-refractivity contribution in [1.82, 2.24) is 4.90 Å². The Hall–Kier alpha value is -1.36. The summed E-state index contributed by atoms with van der Waals surface area (Å²) in [6.45, 7) is 3.29. The van der Waals surface area contributed by atoms with Crippen LogP contribution in [0.25, 0.3) is 0 Å². The molecular formula is C11H15NO3S. The van der Waals surface area contributed by atoms with Gasteiger partial charge < -0.3 is 10.0 Å². The van der Waals surface area contributed by atoms with E-state index in [2.05, 4.69) is 0 Å². The molecule has 5 heteroatoms. The second kappa shape index (κ2) is 5.12. The number of thiophene rings is 1. The summed E-state index contributed by atoms with van der Waals surface area (Å²) in [4.78, 5) is 24.9. The quantitative estimate of drug-likeness (QED) is 0.874. The van der Waals surface area contributed by atoms with Gasteiger partial charge in [-0.25, -0.2) is 4.79 Å². The van der Waals surface area contributed by atoms with Gasteiger partial charge in [0.25, 0.3) is 0 Å². The number of hydrogen-bond acceptors (Lipinski definition) is 3. The fourth-order valence-corrected chi connectivity index (χ4v) is 2.10. The van der Waals surface area contributed by atoms with E-state index in [9.17, 15) is 9.59 Å². The molecule has 1 aromatic rings. The molecule has 0 aliphatic rings. The molecule has 16 heavy (non-hydrogen) atoms. The van der Waals surface area contributed by atoms with E-state index in [-0.39, 0.29) is 11.8 Å². The van der Waals surface area contributed by atoms with E-state index in [0.717, 1.165) is 4.88 Å². The summed E-state index contributed by atoms with van der Waals surface area (Å²) in [5.41, 5.74) is 0. The summed E-state index contributed by atoms with van der Waals surface area (Å²) >= 11 is 1.50. The van der Waals surface area contributed by atoms with E-state index >= 15 is 0 Å². The third-order valence-electron chi connectivity index (χ3n) is 2.63. The molecule has 2 atom stereocenters. The van der Waals surface area contributed by atoms with Crippen LogP contribution in [0.4, 0.5) is 0 Å². The van der Waals surface area contributed by atoms with Gasteiger partial charge in [0, 0.05) is 11.9 Å². The Morgan fingerprint density at radius 1 is 1.44 bits per heavy atom. The van der Waals surface area contributed by atoms with Crippen molar-refractivity contribution in [2.75, 3.05) is 7.05 Å². The molecule has 88 valence electrons. The molecule has 0 bridgehead atoms. The van der Waals surface area contributed by atoms with E-state index in [1.807, 2.05) is 17.5 Å². The highest BCUT2D eigenvalue weighted by atomic mass is 32.1. The van der Waals surface area contributed by atoms with Gasteiger partial charge in [0.2, 0.25) is 5.91 Å². The molecule has 0 saturated heterocycles. The highest BCUT2D eigenvalue weighted by molar-refractivity contribution is 7.10. The normalized spacial score (nSPS) is 14.2. The lowest BCUT2D eigenvalue weighted by Gasteiger charge is -2.24. The summed E-state index contributed by atoms with van der Waals surface area (Å²) in [5.74, 6) is -1.45. The minimum atomic E-state index is -0.991. The molecule has 1 aromatic heterocycles. The Labute approximate surface area is 98.5 Å². The lowest BCUT2D eigenvalue weighted by molar-refractivity contribution is -0.148. The van der Waals surface area contributed by atoms with Crippen LogP contribution in [-0.2, 0) is 9.59 Å². The maximum atomic E-state index is 12.0. The topological polar surface area (TPSA) is 57.6 Å². The molecule has 0 saturated carbocycles. The first kappa shape index (κ1) is 12.7. The maximum absolute atomic E-state index is 12.0. The van der Waals surface area contributed by atoms with Gasteiger partial charge in [0.15, 0.2) is 0 Å². The van der Waals surface area contributed by atoms with Crippen LogP contribution in [0.15, 0.2) is 17.5 Å². The number of carbonyl (C=O) groups is 2. The average molecular weight is 241 g/mol. The molecule has 0 fully saturated rings. The number of rotatable bonds is 4. The van der Waals surface area contributed by atoms with Crippen LogP contribution < -0.4 is 0 Å². The van der Waals surface area contributed by atoms with Crippen molar-refractivity contribution in [2.45, 2.75) is 25.8 Å². The molecule has 1 amide bonds. The molecular weight excluding hydrogens is 226 g/mol. The molecule has 2 unspecified atom stereocenters. The molecule has 4 nitrogen and oxygen atoms in total. The van der Waals surface area contributed by atoms with Crippen LogP contribution in [0.3, 0.4) is 0 Å². The van der Waals surface area contributed by atoms with E-state index < -0.39 is 12.0 Å². The van der Waals surface area contributed by atoms with Crippen LogP contribution in [0.5, 0.6) is 0 Å². The molecule has 0 aliphatic heterocycles. The first-order valence-corrected chi connectivity index (χ1v) is 5.86. The average Bonchev–Trinajstić information content (AvgIpc) is 2.78. The molecule has 0 radical (unpaired) electrons. The molecule has 1 heterocycles. The smallest absolute Gasteiger partial charge is 0.326 e. The standard InChI is InChI=1S/C11H15NO3S/c1-7(9-5-4-6-16-9)10(13)12(3)8(2)11(14)15/h4-8H,1-3H3,(H,14,15). The second-order valence-corrected chi connectivity index (χ2v) is 4.68. The highest BCUT2D eigenvalue weighted by Crippen LogP contribution is 2.22. The van der Waals surface area contributed by atoms with Crippen LogP contribution in [-0.4, -0.2) is 35.0 Å². The van der Waals surface area contributed by atoms with Crippen LogP contribution >= 0.6 is 11.3 Å². The summed E-state index contributed by atoms with van der Waals surface area (Å²) in [6.07, 6.45) is 0. The van der Waals surface area contributed by atoms with E-state index in [1.165, 1.54) is 30.2 Å². The van der Waals surface area contributed by atoms with Crippen molar-refractivity contribution in [2.24, 2.45) is 0 Å². The Morgan fingerprint density at radius 2 is 2.06 bits per heavy atom. The number of nitrogens with zero attached hydrogens (tertiary/aromatic N) is 1. The van der Waals surface area contributed by atoms with E-state index in [4.69, 9.17) is 5.11 Å². The van der Waals surface area contributed by atoms with Gasteiger partial charge in [-0.2, -0.15) is 0 Å². The zero-order valence-corrected chi connectivity index (χ0v) is 10.3. The number of hydrogen-bond donors (Lipinski definition) is 1. The first-order valence-electron chi connectivity index (χ1n) is 4.98. The van der Waals surface area contributed by atoms with Crippen molar-refractivity contribution < 1.29 is 14.7 Å². The van der Waals surface area contributed by atoms with Crippen molar-refractivity contribution in [1.29, 1.82) is 0 Å². The lowest BCUT2D eigenvalue weighted by Crippen LogP contribution is -2.42. The summed E-state index contributed by atoms with van der Waals surface area (Å²) in [6, 6.07) is 2.96. The Bertz CT molecular complexity index is 375. The van der Waals surface area contributed by atoms with Crippen molar-refractivity contribution in [3.63, 3.8) is 0 Å². The fourth-order valence-electron chi connectivity index (χ4n) is 1.32. The van der Waals surface area contributed by atoms with Gasteiger partial charge in [0.05, 0.1) is 5.92 Å². The van der Waals surface area contributed by atoms with Crippen molar-refractivity contribution in [3.05, 3.63) is 22.4 Å². The monoisotopic (exact) mass is 241 g/mol.